The molecule has 3 aromatic rings. The minimum Gasteiger partial charge on any atom is -0.536 e. The molecule has 0 N–H and O–H groups in total. The Balaban J connectivity index is 1.91. The molecule has 3 heteroatoms. The molecule has 0 radical (unpaired) electrons. The lowest BCUT2D eigenvalue weighted by atomic mass is 9.67. The van der Waals surface area contributed by atoms with Gasteiger partial charge in [0.05, 0.1) is 5.69 Å². The zero-order valence-electron chi connectivity index (χ0n) is 15.2. The van der Waals surface area contributed by atoms with Gasteiger partial charge in [0.2, 0.25) is 0 Å². The van der Waals surface area contributed by atoms with Crippen molar-refractivity contribution in [3.05, 3.63) is 82.9 Å². The molecule has 1 aliphatic rings. The molecule has 124 valence electrons. The van der Waals surface area contributed by atoms with Gasteiger partial charge in [0.15, 0.2) is 0 Å². The number of benzene rings is 3. The number of nitrogens with zero attached hydrogens (tertiary/aromatic N) is 1. The molecule has 4 rings (SSSR count). The predicted molar refractivity (Wildman–Crippen MR) is 106 cm³/mol. The molecule has 0 aromatic heterocycles. The summed E-state index contributed by atoms with van der Waals surface area (Å²) >= 11 is 0. The molecular formula is C22H22BNO. The van der Waals surface area contributed by atoms with E-state index < -0.39 is 0 Å². The van der Waals surface area contributed by atoms with E-state index in [-0.39, 0.29) is 7.05 Å². The topological polar surface area (TPSA) is 12.5 Å². The van der Waals surface area contributed by atoms with Gasteiger partial charge in [-0.2, -0.15) is 0 Å². The monoisotopic (exact) mass is 327 g/mol. The number of anilines is 2. The van der Waals surface area contributed by atoms with E-state index in [1.807, 2.05) is 0 Å². The highest BCUT2D eigenvalue weighted by Gasteiger charge is 2.41. The highest BCUT2D eigenvalue weighted by Crippen LogP contribution is 2.41. The Labute approximate surface area is 150 Å². The number of hydrogen-bond donors (Lipinski definition) is 0. The Morgan fingerprint density at radius 1 is 0.760 bits per heavy atom. The van der Waals surface area contributed by atoms with Gasteiger partial charge in [-0.3, -0.25) is 0 Å². The summed E-state index contributed by atoms with van der Waals surface area (Å²) in [5.74, 6) is 0.943. The van der Waals surface area contributed by atoms with Gasteiger partial charge < -0.3 is 9.47 Å². The van der Waals surface area contributed by atoms with E-state index in [2.05, 4.69) is 93.2 Å². The Morgan fingerprint density at radius 3 is 2.12 bits per heavy atom. The highest BCUT2D eigenvalue weighted by molar-refractivity contribution is 6.75. The third-order valence-corrected chi connectivity index (χ3v) is 4.87. The van der Waals surface area contributed by atoms with Crippen LogP contribution >= 0.6 is 0 Å². The van der Waals surface area contributed by atoms with Crippen molar-refractivity contribution in [2.75, 3.05) is 4.81 Å². The first kappa shape index (κ1) is 15.8. The van der Waals surface area contributed by atoms with Crippen LogP contribution in [0.3, 0.4) is 0 Å². The van der Waals surface area contributed by atoms with E-state index in [9.17, 15) is 0 Å². The van der Waals surface area contributed by atoms with Crippen molar-refractivity contribution < 1.29 is 4.65 Å². The minimum absolute atomic E-state index is 0.139. The van der Waals surface area contributed by atoms with Crippen molar-refractivity contribution in [1.82, 2.24) is 0 Å². The molecule has 3 aromatic carbocycles. The molecule has 0 fully saturated rings. The van der Waals surface area contributed by atoms with E-state index in [0.717, 1.165) is 17.1 Å². The molecule has 0 atom stereocenters. The number of hydrogen-bond acceptors (Lipinski definition) is 2. The van der Waals surface area contributed by atoms with Crippen LogP contribution in [0.2, 0.25) is 0 Å². The largest absolute Gasteiger partial charge is 0.536 e. The summed E-state index contributed by atoms with van der Waals surface area (Å²) in [5, 5.41) is 0. The average molecular weight is 327 g/mol. The average Bonchev–Trinajstić information content (AvgIpc) is 2.92. The fourth-order valence-electron chi connectivity index (χ4n) is 3.85. The molecule has 1 heterocycles. The van der Waals surface area contributed by atoms with Gasteiger partial charge in [-0.05, 0) is 63.0 Å². The second-order valence-electron chi connectivity index (χ2n) is 6.96. The Bertz CT molecular complexity index is 913. The van der Waals surface area contributed by atoms with Gasteiger partial charge in [-0.1, -0.05) is 53.1 Å². The summed E-state index contributed by atoms with van der Waals surface area (Å²) in [6.07, 6.45) is 0. The van der Waals surface area contributed by atoms with Crippen LogP contribution in [0.5, 0.6) is 5.75 Å². The standard InChI is InChI=1S/C22H22BNO/c1-15-10-11-21-20(14-15)24(19-8-6-5-7-9-19)23(25-21)22-17(3)12-16(2)13-18(22)4/h5-14H,1-4H3. The summed E-state index contributed by atoms with van der Waals surface area (Å²) in [5.41, 5.74) is 8.61. The Morgan fingerprint density at radius 2 is 1.44 bits per heavy atom. The molecule has 0 aliphatic carbocycles. The van der Waals surface area contributed by atoms with Crippen LogP contribution in [-0.4, -0.2) is 7.05 Å². The molecule has 0 unspecified atom stereocenters. The number of fused-ring (bicyclic) bond motifs is 1. The number of rotatable bonds is 2. The second-order valence-corrected chi connectivity index (χ2v) is 6.96. The summed E-state index contributed by atoms with van der Waals surface area (Å²) in [4.78, 5) is 2.31. The Kier molecular flexibility index (Phi) is 3.80. The zero-order chi connectivity index (χ0) is 17.6. The van der Waals surface area contributed by atoms with Gasteiger partial charge >= 0.3 is 7.05 Å². The van der Waals surface area contributed by atoms with Crippen LogP contribution in [0.1, 0.15) is 22.3 Å². The summed E-state index contributed by atoms with van der Waals surface area (Å²) in [6.45, 7) is 8.62. The van der Waals surface area contributed by atoms with Gasteiger partial charge in [-0.25, -0.2) is 0 Å². The molecule has 1 aliphatic heterocycles. The summed E-state index contributed by atoms with van der Waals surface area (Å²) in [6, 6.07) is 21.4. The fourth-order valence-corrected chi connectivity index (χ4v) is 3.85. The number of para-hydroxylation sites is 1. The van der Waals surface area contributed by atoms with Crippen LogP contribution in [0.25, 0.3) is 0 Å². The molecule has 0 saturated heterocycles. The van der Waals surface area contributed by atoms with Crippen molar-refractivity contribution in [2.24, 2.45) is 0 Å². The molecule has 0 bridgehead atoms. The first-order valence-electron chi connectivity index (χ1n) is 8.74. The highest BCUT2D eigenvalue weighted by atomic mass is 16.5. The maximum absolute atomic E-state index is 6.44. The molecule has 2 nitrogen and oxygen atoms in total. The maximum atomic E-state index is 6.44. The third-order valence-electron chi connectivity index (χ3n) is 4.87. The predicted octanol–water partition coefficient (Wildman–Crippen LogP) is 4.85. The lowest BCUT2D eigenvalue weighted by Gasteiger charge is -2.25. The zero-order valence-corrected chi connectivity index (χ0v) is 15.2. The second kappa shape index (κ2) is 6.00. The summed E-state index contributed by atoms with van der Waals surface area (Å²) in [7, 11) is -0.139. The van der Waals surface area contributed by atoms with Crippen molar-refractivity contribution in [3.8, 4) is 5.75 Å². The van der Waals surface area contributed by atoms with Crippen molar-refractivity contribution in [3.63, 3.8) is 0 Å². The summed E-state index contributed by atoms with van der Waals surface area (Å²) < 4.78 is 6.44. The van der Waals surface area contributed by atoms with Gasteiger partial charge in [0.1, 0.15) is 5.75 Å². The molecule has 25 heavy (non-hydrogen) atoms. The first-order chi connectivity index (χ1) is 12.0. The molecule has 0 amide bonds. The van der Waals surface area contributed by atoms with Crippen LogP contribution < -0.4 is 14.9 Å². The van der Waals surface area contributed by atoms with Gasteiger partial charge in [0, 0.05) is 5.69 Å². The lowest BCUT2D eigenvalue weighted by Crippen LogP contribution is -2.49. The van der Waals surface area contributed by atoms with Crippen LogP contribution in [0.4, 0.5) is 11.4 Å². The van der Waals surface area contributed by atoms with Crippen molar-refractivity contribution >= 4 is 23.9 Å². The quantitative estimate of drug-likeness (QED) is 0.624. The van der Waals surface area contributed by atoms with Crippen molar-refractivity contribution in [2.45, 2.75) is 27.7 Å². The number of aryl methyl sites for hydroxylation is 4. The van der Waals surface area contributed by atoms with Crippen molar-refractivity contribution in [1.29, 1.82) is 0 Å². The van der Waals surface area contributed by atoms with E-state index in [0.29, 0.717) is 0 Å². The molecule has 0 saturated carbocycles. The maximum Gasteiger partial charge on any atom is 0.524 e. The lowest BCUT2D eigenvalue weighted by molar-refractivity contribution is 0.603. The molecule has 0 spiro atoms. The van der Waals surface area contributed by atoms with E-state index in [1.54, 1.807) is 0 Å². The van der Waals surface area contributed by atoms with Gasteiger partial charge in [0.25, 0.3) is 0 Å². The minimum atomic E-state index is -0.139. The van der Waals surface area contributed by atoms with E-state index in [4.69, 9.17) is 4.65 Å². The molecular weight excluding hydrogens is 305 g/mol. The van der Waals surface area contributed by atoms with Crippen LogP contribution in [0, 0.1) is 27.7 Å². The van der Waals surface area contributed by atoms with Crippen LogP contribution in [0.15, 0.2) is 60.7 Å². The van der Waals surface area contributed by atoms with Gasteiger partial charge in [-0.15, -0.1) is 0 Å². The smallest absolute Gasteiger partial charge is 0.524 e. The normalized spacial score (nSPS) is 13.0. The van der Waals surface area contributed by atoms with E-state index >= 15 is 0 Å². The Hall–Kier alpha value is -2.68. The first-order valence-corrected chi connectivity index (χ1v) is 8.74. The van der Waals surface area contributed by atoms with E-state index in [1.165, 1.54) is 27.7 Å². The SMILES string of the molecule is Cc1cc(C)c(B2Oc3ccc(C)cc3N2c2ccccc2)c(C)c1. The van der Waals surface area contributed by atoms with Crippen LogP contribution in [-0.2, 0) is 0 Å². The third kappa shape index (κ3) is 2.70. The fraction of sp³-hybridized carbons (Fsp3) is 0.182.